The van der Waals surface area contributed by atoms with Crippen LogP contribution in [0, 0.1) is 0 Å². The molecule has 0 aliphatic heterocycles. The van der Waals surface area contributed by atoms with Gasteiger partial charge in [-0.25, -0.2) is 0 Å². The molecule has 6 heteroatoms. The topological polar surface area (TPSA) is 59.2 Å². The summed E-state index contributed by atoms with van der Waals surface area (Å²) in [6.45, 7) is 0. The minimum Gasteiger partial charge on any atom is -0.397 e. The van der Waals surface area contributed by atoms with Gasteiger partial charge in [0.1, 0.15) is 0 Å². The molecular formula is C13H11BrClN3O. The first-order chi connectivity index (χ1) is 9.00. The van der Waals surface area contributed by atoms with Crippen molar-refractivity contribution in [1.29, 1.82) is 0 Å². The molecule has 0 spiro atoms. The molecule has 1 amide bonds. The van der Waals surface area contributed by atoms with Crippen molar-refractivity contribution in [3.63, 3.8) is 0 Å². The van der Waals surface area contributed by atoms with Gasteiger partial charge in [-0.05, 0) is 24.3 Å². The van der Waals surface area contributed by atoms with E-state index >= 15 is 0 Å². The summed E-state index contributed by atoms with van der Waals surface area (Å²) in [6, 6.07) is 6.92. The molecule has 0 saturated carbocycles. The van der Waals surface area contributed by atoms with E-state index in [1.54, 1.807) is 25.2 Å². The summed E-state index contributed by atoms with van der Waals surface area (Å²) in [6.07, 6.45) is 2.96. The molecule has 0 unspecified atom stereocenters. The molecule has 1 heterocycles. The highest BCUT2D eigenvalue weighted by molar-refractivity contribution is 9.10. The zero-order valence-electron chi connectivity index (χ0n) is 10.1. The van der Waals surface area contributed by atoms with Crippen LogP contribution in [-0.4, -0.2) is 17.9 Å². The Morgan fingerprint density at radius 2 is 2.16 bits per heavy atom. The number of carbonyl (C=O) groups is 1. The summed E-state index contributed by atoms with van der Waals surface area (Å²) >= 11 is 9.29. The number of amides is 1. The van der Waals surface area contributed by atoms with Crippen LogP contribution in [0.1, 0.15) is 10.4 Å². The molecule has 0 aliphatic rings. The third kappa shape index (κ3) is 2.88. The van der Waals surface area contributed by atoms with Crippen LogP contribution < -0.4 is 10.6 Å². The Balaban J connectivity index is 2.37. The minimum absolute atomic E-state index is 0.235. The molecule has 19 heavy (non-hydrogen) atoms. The molecule has 0 bridgehead atoms. The fourth-order valence-electron chi connectivity index (χ4n) is 1.67. The number of hydrogen-bond donors (Lipinski definition) is 1. The first-order valence-corrected chi connectivity index (χ1v) is 6.60. The van der Waals surface area contributed by atoms with Crippen molar-refractivity contribution in [3.05, 3.63) is 51.7 Å². The van der Waals surface area contributed by atoms with Crippen LogP contribution in [0.5, 0.6) is 0 Å². The van der Waals surface area contributed by atoms with Crippen molar-refractivity contribution in [2.75, 3.05) is 17.7 Å². The Kier molecular flexibility index (Phi) is 4.07. The Morgan fingerprint density at radius 3 is 2.79 bits per heavy atom. The van der Waals surface area contributed by atoms with Gasteiger partial charge < -0.3 is 10.6 Å². The predicted octanol–water partition coefficient (Wildman–Crippen LogP) is 3.36. The number of rotatable bonds is 2. The van der Waals surface area contributed by atoms with Gasteiger partial charge in [0, 0.05) is 23.9 Å². The van der Waals surface area contributed by atoms with E-state index in [4.69, 9.17) is 17.3 Å². The Morgan fingerprint density at radius 1 is 1.42 bits per heavy atom. The van der Waals surface area contributed by atoms with Crippen molar-refractivity contribution in [2.24, 2.45) is 0 Å². The van der Waals surface area contributed by atoms with Crippen LogP contribution >= 0.6 is 27.5 Å². The van der Waals surface area contributed by atoms with Gasteiger partial charge >= 0.3 is 0 Å². The zero-order valence-corrected chi connectivity index (χ0v) is 12.4. The van der Waals surface area contributed by atoms with E-state index in [1.807, 2.05) is 6.07 Å². The lowest BCUT2D eigenvalue weighted by molar-refractivity contribution is 0.0993. The van der Waals surface area contributed by atoms with Gasteiger partial charge in [-0.3, -0.25) is 9.78 Å². The number of nitrogen functional groups attached to an aromatic ring is 1. The number of hydrogen-bond acceptors (Lipinski definition) is 3. The van der Waals surface area contributed by atoms with E-state index in [-0.39, 0.29) is 5.91 Å². The maximum Gasteiger partial charge on any atom is 0.259 e. The molecule has 0 radical (unpaired) electrons. The number of carbonyl (C=O) groups excluding carboxylic acids is 1. The average Bonchev–Trinajstić information content (AvgIpc) is 2.38. The molecule has 0 fully saturated rings. The third-order valence-corrected chi connectivity index (χ3v) is 3.45. The Bertz CT molecular complexity index is 633. The highest BCUT2D eigenvalue weighted by Gasteiger charge is 2.18. The highest BCUT2D eigenvalue weighted by atomic mass is 79.9. The van der Waals surface area contributed by atoms with Crippen LogP contribution in [-0.2, 0) is 0 Å². The molecule has 0 aliphatic carbocycles. The van der Waals surface area contributed by atoms with Crippen LogP contribution in [0.4, 0.5) is 11.4 Å². The smallest absolute Gasteiger partial charge is 0.259 e. The molecule has 2 N–H and O–H groups in total. The van der Waals surface area contributed by atoms with Crippen molar-refractivity contribution in [3.8, 4) is 0 Å². The number of aromatic nitrogens is 1. The summed E-state index contributed by atoms with van der Waals surface area (Å²) < 4.78 is 0.858. The van der Waals surface area contributed by atoms with Gasteiger partial charge in [0.25, 0.3) is 5.91 Å². The first-order valence-electron chi connectivity index (χ1n) is 5.43. The highest BCUT2D eigenvalue weighted by Crippen LogP contribution is 2.27. The lowest BCUT2D eigenvalue weighted by Gasteiger charge is -2.19. The van der Waals surface area contributed by atoms with E-state index in [1.165, 1.54) is 17.3 Å². The molecule has 98 valence electrons. The maximum absolute atomic E-state index is 12.3. The Hall–Kier alpha value is -1.59. The van der Waals surface area contributed by atoms with Gasteiger partial charge in [0.05, 0.1) is 22.0 Å². The van der Waals surface area contributed by atoms with Gasteiger partial charge in [-0.15, -0.1) is 0 Å². The standard InChI is InChI=1S/C13H11BrClN3O/c1-18(12-3-2-8(14)6-11(12)16)13(19)9-4-5-17-7-10(9)15/h2-7H,16H2,1H3. The lowest BCUT2D eigenvalue weighted by atomic mass is 10.2. The van der Waals surface area contributed by atoms with Crippen molar-refractivity contribution in [1.82, 2.24) is 4.98 Å². The summed E-state index contributed by atoms with van der Waals surface area (Å²) in [5.74, 6) is -0.235. The van der Waals surface area contributed by atoms with Crippen LogP contribution in [0.25, 0.3) is 0 Å². The second-order valence-corrected chi connectivity index (χ2v) is 5.25. The Labute approximate surface area is 124 Å². The largest absolute Gasteiger partial charge is 0.397 e. The first kappa shape index (κ1) is 13.8. The van der Waals surface area contributed by atoms with Crippen molar-refractivity contribution in [2.45, 2.75) is 0 Å². The van der Waals surface area contributed by atoms with E-state index in [0.717, 1.165) is 4.47 Å². The van der Waals surface area contributed by atoms with Crippen LogP contribution in [0.15, 0.2) is 41.1 Å². The van der Waals surface area contributed by atoms with E-state index in [0.29, 0.717) is 22.0 Å². The third-order valence-electron chi connectivity index (χ3n) is 2.66. The second-order valence-electron chi connectivity index (χ2n) is 3.92. The monoisotopic (exact) mass is 339 g/mol. The normalized spacial score (nSPS) is 10.3. The van der Waals surface area contributed by atoms with E-state index < -0.39 is 0 Å². The average molecular weight is 341 g/mol. The fraction of sp³-hybridized carbons (Fsp3) is 0.0769. The number of nitrogens with zero attached hydrogens (tertiary/aromatic N) is 2. The second kappa shape index (κ2) is 5.59. The summed E-state index contributed by atoms with van der Waals surface area (Å²) in [5, 5.41) is 0.315. The molecule has 2 rings (SSSR count). The number of benzene rings is 1. The zero-order chi connectivity index (χ0) is 14.0. The number of pyridine rings is 1. The summed E-state index contributed by atoms with van der Waals surface area (Å²) in [7, 11) is 1.65. The fourth-order valence-corrected chi connectivity index (χ4v) is 2.25. The summed E-state index contributed by atoms with van der Waals surface area (Å²) in [4.78, 5) is 17.7. The molecular weight excluding hydrogens is 330 g/mol. The van der Waals surface area contributed by atoms with E-state index in [9.17, 15) is 4.79 Å². The molecule has 2 aromatic rings. The van der Waals surface area contributed by atoms with Crippen LogP contribution in [0.2, 0.25) is 5.02 Å². The molecule has 0 atom stereocenters. The van der Waals surface area contributed by atoms with Gasteiger partial charge in [-0.1, -0.05) is 27.5 Å². The molecule has 0 saturated heterocycles. The quantitative estimate of drug-likeness (QED) is 0.853. The van der Waals surface area contributed by atoms with E-state index in [2.05, 4.69) is 20.9 Å². The predicted molar refractivity (Wildman–Crippen MR) is 80.5 cm³/mol. The molecule has 4 nitrogen and oxygen atoms in total. The number of anilines is 2. The molecule has 1 aromatic carbocycles. The summed E-state index contributed by atoms with van der Waals surface area (Å²) in [5.41, 5.74) is 7.43. The number of nitrogens with two attached hydrogens (primary N) is 1. The van der Waals surface area contributed by atoms with Crippen molar-refractivity contribution >= 4 is 44.8 Å². The maximum atomic E-state index is 12.3. The molecule has 1 aromatic heterocycles. The van der Waals surface area contributed by atoms with Gasteiger partial charge in [0.2, 0.25) is 0 Å². The SMILES string of the molecule is CN(C(=O)c1ccncc1Cl)c1ccc(Br)cc1N. The minimum atomic E-state index is -0.235. The number of halogens is 2. The van der Waals surface area contributed by atoms with Crippen molar-refractivity contribution < 1.29 is 4.79 Å². The van der Waals surface area contributed by atoms with Gasteiger partial charge in [-0.2, -0.15) is 0 Å². The lowest BCUT2D eigenvalue weighted by Crippen LogP contribution is -2.27. The van der Waals surface area contributed by atoms with Gasteiger partial charge in [0.15, 0.2) is 0 Å². The van der Waals surface area contributed by atoms with Crippen LogP contribution in [0.3, 0.4) is 0 Å².